The third-order valence-electron chi connectivity index (χ3n) is 3.01. The van der Waals surface area contributed by atoms with E-state index in [1.54, 1.807) is 0 Å². The molecule has 0 aromatic heterocycles. The Labute approximate surface area is 75.5 Å². The lowest BCUT2D eigenvalue weighted by atomic mass is 9.80. The van der Waals surface area contributed by atoms with Crippen LogP contribution < -0.4 is 0 Å². The van der Waals surface area contributed by atoms with Crippen molar-refractivity contribution in [3.8, 4) is 0 Å². The first-order chi connectivity index (χ1) is 5.74. The van der Waals surface area contributed by atoms with Crippen molar-refractivity contribution in [1.82, 2.24) is 0 Å². The summed E-state index contributed by atoms with van der Waals surface area (Å²) in [5, 5.41) is 0. The summed E-state index contributed by atoms with van der Waals surface area (Å²) in [4.78, 5) is 11.4. The van der Waals surface area contributed by atoms with Gasteiger partial charge in [0, 0.05) is 12.3 Å². The second-order valence-electron chi connectivity index (χ2n) is 4.16. The number of carbonyl (C=O) groups excluding carboxylic acids is 1. The fourth-order valence-corrected chi connectivity index (χ4v) is 1.97. The molecule has 70 valence electrons. The van der Waals surface area contributed by atoms with E-state index in [9.17, 15) is 4.79 Å². The Morgan fingerprint density at radius 1 is 1.42 bits per heavy atom. The second-order valence-corrected chi connectivity index (χ2v) is 4.16. The molecule has 0 spiro atoms. The van der Waals surface area contributed by atoms with Crippen molar-refractivity contribution in [3.05, 3.63) is 0 Å². The molecule has 0 aromatic rings. The molecule has 0 N–H and O–H groups in total. The highest BCUT2D eigenvalue weighted by molar-refractivity contribution is 5.81. The predicted molar refractivity (Wildman–Crippen MR) is 51.0 cm³/mol. The minimum absolute atomic E-state index is 0.350. The van der Waals surface area contributed by atoms with Gasteiger partial charge in [-0.05, 0) is 18.8 Å². The van der Waals surface area contributed by atoms with E-state index in [2.05, 4.69) is 13.8 Å². The van der Waals surface area contributed by atoms with Crippen LogP contribution in [0.4, 0.5) is 0 Å². The number of rotatable bonds is 3. The molecule has 0 aliphatic heterocycles. The summed E-state index contributed by atoms with van der Waals surface area (Å²) >= 11 is 0. The Morgan fingerprint density at radius 2 is 2.17 bits per heavy atom. The topological polar surface area (TPSA) is 17.1 Å². The molecule has 0 bridgehead atoms. The van der Waals surface area contributed by atoms with Gasteiger partial charge in [-0.15, -0.1) is 0 Å². The Kier molecular flexibility index (Phi) is 3.77. The fraction of sp³-hybridized carbons (Fsp3) is 0.909. The van der Waals surface area contributed by atoms with Gasteiger partial charge in [0.05, 0.1) is 0 Å². The Bertz CT molecular complexity index is 149. The molecular weight excluding hydrogens is 148 g/mol. The van der Waals surface area contributed by atoms with Gasteiger partial charge in [0.15, 0.2) is 0 Å². The van der Waals surface area contributed by atoms with Gasteiger partial charge < -0.3 is 0 Å². The van der Waals surface area contributed by atoms with Crippen LogP contribution in [0.3, 0.4) is 0 Å². The van der Waals surface area contributed by atoms with Crippen LogP contribution in [0.25, 0.3) is 0 Å². The lowest BCUT2D eigenvalue weighted by Gasteiger charge is -2.24. The molecule has 0 aromatic carbocycles. The van der Waals surface area contributed by atoms with Gasteiger partial charge in [-0.2, -0.15) is 0 Å². The smallest absolute Gasteiger partial charge is 0.135 e. The van der Waals surface area contributed by atoms with E-state index in [-0.39, 0.29) is 0 Å². The number of hydrogen-bond acceptors (Lipinski definition) is 1. The quantitative estimate of drug-likeness (QED) is 0.632. The number of unbranched alkanes of at least 4 members (excludes halogenated alkanes) is 1. The van der Waals surface area contributed by atoms with Crippen LogP contribution in [0.1, 0.15) is 52.4 Å². The van der Waals surface area contributed by atoms with E-state index in [4.69, 9.17) is 0 Å². The first kappa shape index (κ1) is 9.76. The summed E-state index contributed by atoms with van der Waals surface area (Å²) in [6.07, 6.45) is 7.11. The average Bonchev–Trinajstić information content (AvgIpc) is 2.07. The fourth-order valence-electron chi connectivity index (χ4n) is 1.97. The molecular formula is C11H20O. The van der Waals surface area contributed by atoms with Crippen molar-refractivity contribution in [2.24, 2.45) is 11.8 Å². The van der Waals surface area contributed by atoms with Gasteiger partial charge in [-0.3, -0.25) is 4.79 Å². The maximum atomic E-state index is 11.4. The molecule has 1 fully saturated rings. The molecule has 0 heterocycles. The molecule has 1 saturated carbocycles. The first-order valence-corrected chi connectivity index (χ1v) is 5.26. The Balaban J connectivity index is 2.25. The normalized spacial score (nSPS) is 30.7. The lowest BCUT2D eigenvalue weighted by molar-refractivity contribution is -0.125. The van der Waals surface area contributed by atoms with Crippen LogP contribution in [0.5, 0.6) is 0 Å². The van der Waals surface area contributed by atoms with E-state index in [1.165, 1.54) is 25.7 Å². The molecule has 1 nitrogen and oxygen atoms in total. The minimum Gasteiger partial charge on any atom is -0.299 e. The Morgan fingerprint density at radius 3 is 2.75 bits per heavy atom. The van der Waals surface area contributed by atoms with E-state index in [0.717, 1.165) is 12.8 Å². The first-order valence-electron chi connectivity index (χ1n) is 5.26. The van der Waals surface area contributed by atoms with Crippen LogP contribution in [0.2, 0.25) is 0 Å². The van der Waals surface area contributed by atoms with Crippen molar-refractivity contribution in [2.45, 2.75) is 52.4 Å². The van der Waals surface area contributed by atoms with Gasteiger partial charge in [0.2, 0.25) is 0 Å². The molecule has 1 rings (SSSR count). The standard InChI is InChI=1S/C11H20O/c1-3-4-5-10-7-6-9(2)11(12)8-10/h9-10H,3-8H2,1-2H3. The van der Waals surface area contributed by atoms with Crippen LogP contribution in [-0.2, 0) is 4.79 Å². The summed E-state index contributed by atoms with van der Waals surface area (Å²) in [6, 6.07) is 0. The number of hydrogen-bond donors (Lipinski definition) is 0. The number of Topliss-reactive ketones (excluding diaryl/α,β-unsaturated/α-hetero) is 1. The van der Waals surface area contributed by atoms with Gasteiger partial charge in [-0.25, -0.2) is 0 Å². The third kappa shape index (κ3) is 2.62. The van der Waals surface area contributed by atoms with Gasteiger partial charge in [-0.1, -0.05) is 33.1 Å². The number of ketones is 1. The van der Waals surface area contributed by atoms with Crippen molar-refractivity contribution in [2.75, 3.05) is 0 Å². The van der Waals surface area contributed by atoms with E-state index in [0.29, 0.717) is 17.6 Å². The zero-order chi connectivity index (χ0) is 8.97. The van der Waals surface area contributed by atoms with Gasteiger partial charge >= 0.3 is 0 Å². The monoisotopic (exact) mass is 168 g/mol. The molecule has 0 saturated heterocycles. The molecule has 0 amide bonds. The maximum absolute atomic E-state index is 11.4. The lowest BCUT2D eigenvalue weighted by Crippen LogP contribution is -2.22. The van der Waals surface area contributed by atoms with Crippen LogP contribution in [0.15, 0.2) is 0 Å². The highest BCUT2D eigenvalue weighted by Crippen LogP contribution is 2.28. The van der Waals surface area contributed by atoms with E-state index >= 15 is 0 Å². The van der Waals surface area contributed by atoms with Crippen molar-refractivity contribution in [1.29, 1.82) is 0 Å². The third-order valence-corrected chi connectivity index (χ3v) is 3.01. The summed E-state index contributed by atoms with van der Waals surface area (Å²) in [7, 11) is 0. The zero-order valence-corrected chi connectivity index (χ0v) is 8.31. The summed E-state index contributed by atoms with van der Waals surface area (Å²) in [5.74, 6) is 1.57. The Hall–Kier alpha value is -0.330. The highest BCUT2D eigenvalue weighted by Gasteiger charge is 2.24. The molecule has 1 aliphatic carbocycles. The van der Waals surface area contributed by atoms with Crippen molar-refractivity contribution < 1.29 is 4.79 Å². The maximum Gasteiger partial charge on any atom is 0.135 e. The van der Waals surface area contributed by atoms with Crippen molar-refractivity contribution >= 4 is 5.78 Å². The SMILES string of the molecule is CCCCC1CCC(C)C(=O)C1. The molecule has 2 atom stereocenters. The van der Waals surface area contributed by atoms with E-state index < -0.39 is 0 Å². The van der Waals surface area contributed by atoms with Crippen LogP contribution >= 0.6 is 0 Å². The van der Waals surface area contributed by atoms with Gasteiger partial charge in [0.1, 0.15) is 5.78 Å². The summed E-state index contributed by atoms with van der Waals surface area (Å²) in [5.41, 5.74) is 0. The van der Waals surface area contributed by atoms with Crippen LogP contribution in [-0.4, -0.2) is 5.78 Å². The molecule has 1 heteroatoms. The second kappa shape index (κ2) is 4.64. The largest absolute Gasteiger partial charge is 0.299 e. The summed E-state index contributed by atoms with van der Waals surface area (Å²) < 4.78 is 0. The van der Waals surface area contributed by atoms with Crippen LogP contribution in [0, 0.1) is 11.8 Å². The summed E-state index contributed by atoms with van der Waals surface area (Å²) in [6.45, 7) is 4.28. The number of carbonyl (C=O) groups is 1. The molecule has 0 radical (unpaired) electrons. The van der Waals surface area contributed by atoms with Crippen molar-refractivity contribution in [3.63, 3.8) is 0 Å². The molecule has 12 heavy (non-hydrogen) atoms. The zero-order valence-electron chi connectivity index (χ0n) is 8.31. The van der Waals surface area contributed by atoms with E-state index in [1.807, 2.05) is 0 Å². The van der Waals surface area contributed by atoms with Gasteiger partial charge in [0.25, 0.3) is 0 Å². The minimum atomic E-state index is 0.350. The molecule has 2 unspecified atom stereocenters. The predicted octanol–water partition coefficient (Wildman–Crippen LogP) is 3.18. The average molecular weight is 168 g/mol. The molecule has 1 aliphatic rings. The highest BCUT2D eigenvalue weighted by atomic mass is 16.1.